The first-order chi connectivity index (χ1) is 12.0. The molecule has 7 nitrogen and oxygen atoms in total. The minimum atomic E-state index is -0.954. The molecule has 1 aromatic heterocycles. The van der Waals surface area contributed by atoms with E-state index in [2.05, 4.69) is 0 Å². The number of aromatic nitrogens is 1. The second-order valence-electron chi connectivity index (χ2n) is 6.69. The van der Waals surface area contributed by atoms with Crippen LogP contribution in [0.25, 0.3) is 0 Å². The zero-order valence-electron chi connectivity index (χ0n) is 13.5. The van der Waals surface area contributed by atoms with Gasteiger partial charge < -0.3 is 14.4 Å². The number of fused-ring (bicyclic) bond motifs is 1. The molecule has 25 heavy (non-hydrogen) atoms. The minimum absolute atomic E-state index is 0.0918. The lowest BCUT2D eigenvalue weighted by Crippen LogP contribution is -2.54. The first kappa shape index (κ1) is 15.8. The van der Waals surface area contributed by atoms with E-state index in [4.69, 9.17) is 4.74 Å². The highest BCUT2D eigenvalue weighted by Crippen LogP contribution is 2.49. The number of hydrogen-bond acceptors (Lipinski definition) is 5. The minimum Gasteiger partial charge on any atom is -0.484 e. The van der Waals surface area contributed by atoms with Gasteiger partial charge in [-0.3, -0.25) is 14.9 Å². The van der Waals surface area contributed by atoms with E-state index >= 15 is 0 Å². The molecular formula is C18H18N2O5. The van der Waals surface area contributed by atoms with E-state index in [1.807, 2.05) is 0 Å². The van der Waals surface area contributed by atoms with Crippen molar-refractivity contribution in [1.82, 2.24) is 4.57 Å². The number of nitro groups is 1. The van der Waals surface area contributed by atoms with E-state index in [-0.39, 0.29) is 11.2 Å². The van der Waals surface area contributed by atoms with Gasteiger partial charge in [-0.15, -0.1) is 0 Å². The van der Waals surface area contributed by atoms with E-state index in [9.17, 15) is 20.0 Å². The summed E-state index contributed by atoms with van der Waals surface area (Å²) in [7, 11) is 0. The van der Waals surface area contributed by atoms with Gasteiger partial charge in [-0.1, -0.05) is 6.07 Å². The Balaban J connectivity index is 1.93. The van der Waals surface area contributed by atoms with Gasteiger partial charge in [-0.2, -0.15) is 0 Å². The lowest BCUT2D eigenvalue weighted by Gasteiger charge is -2.44. The van der Waals surface area contributed by atoms with Crippen LogP contribution in [0.3, 0.4) is 0 Å². The van der Waals surface area contributed by atoms with Crippen molar-refractivity contribution < 1.29 is 14.8 Å². The third-order valence-corrected chi connectivity index (χ3v) is 5.27. The number of aliphatic hydroxyl groups excluding tert-OH is 1. The van der Waals surface area contributed by atoms with Crippen LogP contribution in [0.5, 0.6) is 5.75 Å². The van der Waals surface area contributed by atoms with Gasteiger partial charge in [0.25, 0.3) is 11.2 Å². The SMILES string of the molecule is O=c1ccccn1C1c2cc([N+](=O)[O-])ccc2OC2(CCCC2)C1O. The molecule has 130 valence electrons. The zero-order valence-corrected chi connectivity index (χ0v) is 13.5. The van der Waals surface area contributed by atoms with E-state index in [0.29, 0.717) is 24.2 Å². The Bertz CT molecular complexity index is 885. The standard InChI is InChI=1S/C18H18N2O5/c21-15-5-1-4-10-19(15)16-13-11-12(20(23)24)6-7-14(13)25-18(17(16)22)8-2-3-9-18/h1,4-7,10-11,16-17,22H,2-3,8-9H2. The smallest absolute Gasteiger partial charge is 0.270 e. The van der Waals surface area contributed by atoms with Gasteiger partial charge in [0.15, 0.2) is 0 Å². The lowest BCUT2D eigenvalue weighted by molar-refractivity contribution is -0.385. The Labute approximate surface area is 143 Å². The number of ether oxygens (including phenoxy) is 1. The van der Waals surface area contributed by atoms with Crippen LogP contribution < -0.4 is 10.3 Å². The molecule has 2 aromatic rings. The molecule has 0 saturated heterocycles. The number of non-ortho nitro benzene ring substituents is 1. The monoisotopic (exact) mass is 342 g/mol. The lowest BCUT2D eigenvalue weighted by atomic mass is 9.82. The van der Waals surface area contributed by atoms with Gasteiger partial charge in [-0.25, -0.2) is 0 Å². The molecule has 0 bridgehead atoms. The normalized spacial score (nSPS) is 23.9. The summed E-state index contributed by atoms with van der Waals surface area (Å²) in [5.41, 5.74) is -0.638. The zero-order chi connectivity index (χ0) is 17.6. The maximum atomic E-state index is 12.4. The number of rotatable bonds is 2. The van der Waals surface area contributed by atoms with Gasteiger partial charge >= 0.3 is 0 Å². The molecule has 0 amide bonds. The fourth-order valence-electron chi connectivity index (χ4n) is 4.05. The molecule has 1 spiro atoms. The quantitative estimate of drug-likeness (QED) is 0.668. The van der Waals surface area contributed by atoms with Gasteiger partial charge in [0.2, 0.25) is 0 Å². The topological polar surface area (TPSA) is 94.6 Å². The summed E-state index contributed by atoms with van der Waals surface area (Å²) in [6.07, 6.45) is 3.92. The third kappa shape index (κ3) is 2.42. The van der Waals surface area contributed by atoms with Crippen LogP contribution in [0.4, 0.5) is 5.69 Å². The molecule has 2 heterocycles. The Hall–Kier alpha value is -2.67. The van der Waals surface area contributed by atoms with Crippen LogP contribution in [0.15, 0.2) is 47.4 Å². The molecule has 1 fully saturated rings. The largest absolute Gasteiger partial charge is 0.484 e. The van der Waals surface area contributed by atoms with Gasteiger partial charge in [0, 0.05) is 30.0 Å². The summed E-state index contributed by atoms with van der Waals surface area (Å²) < 4.78 is 7.57. The first-order valence-electron chi connectivity index (χ1n) is 8.34. The van der Waals surface area contributed by atoms with Crippen molar-refractivity contribution in [3.05, 3.63) is 68.6 Å². The van der Waals surface area contributed by atoms with Crippen molar-refractivity contribution in [1.29, 1.82) is 0 Å². The van der Waals surface area contributed by atoms with E-state index in [1.54, 1.807) is 24.4 Å². The Morgan fingerprint density at radius 1 is 1.24 bits per heavy atom. The third-order valence-electron chi connectivity index (χ3n) is 5.27. The van der Waals surface area contributed by atoms with Gasteiger partial charge in [0.1, 0.15) is 17.5 Å². The molecule has 0 radical (unpaired) electrons. The molecule has 7 heteroatoms. The number of nitrogens with zero attached hydrogens (tertiary/aromatic N) is 2. The van der Waals surface area contributed by atoms with Crippen molar-refractivity contribution in [2.75, 3.05) is 0 Å². The number of benzene rings is 1. The van der Waals surface area contributed by atoms with Gasteiger partial charge in [0.05, 0.1) is 11.0 Å². The van der Waals surface area contributed by atoms with Gasteiger partial charge in [-0.05, 0) is 37.8 Å². The number of pyridine rings is 1. The molecule has 1 aliphatic carbocycles. The fourth-order valence-corrected chi connectivity index (χ4v) is 4.05. The Morgan fingerprint density at radius 3 is 2.68 bits per heavy atom. The number of aliphatic hydroxyl groups is 1. The van der Waals surface area contributed by atoms with Crippen molar-refractivity contribution in [2.45, 2.75) is 43.4 Å². The van der Waals surface area contributed by atoms with Crippen LogP contribution in [0.1, 0.15) is 37.3 Å². The first-order valence-corrected chi connectivity index (χ1v) is 8.34. The summed E-state index contributed by atoms with van der Waals surface area (Å²) in [4.78, 5) is 23.0. The van der Waals surface area contributed by atoms with Crippen LogP contribution in [-0.2, 0) is 0 Å². The molecule has 2 atom stereocenters. The van der Waals surface area contributed by atoms with E-state index < -0.39 is 22.7 Å². The highest BCUT2D eigenvalue weighted by atomic mass is 16.6. The van der Waals surface area contributed by atoms with Crippen molar-refractivity contribution in [2.24, 2.45) is 0 Å². The molecule has 1 aromatic carbocycles. The number of hydrogen-bond donors (Lipinski definition) is 1. The Kier molecular flexibility index (Phi) is 3.61. The maximum Gasteiger partial charge on any atom is 0.270 e. The molecule has 1 aliphatic heterocycles. The van der Waals surface area contributed by atoms with Crippen LogP contribution in [-0.4, -0.2) is 26.3 Å². The van der Waals surface area contributed by atoms with Crippen LogP contribution in [0.2, 0.25) is 0 Å². The summed E-state index contributed by atoms with van der Waals surface area (Å²) in [6.45, 7) is 0. The predicted octanol–water partition coefficient (Wildman–Crippen LogP) is 2.41. The summed E-state index contributed by atoms with van der Waals surface area (Å²) >= 11 is 0. The molecule has 4 rings (SSSR count). The van der Waals surface area contributed by atoms with Crippen molar-refractivity contribution in [3.63, 3.8) is 0 Å². The number of nitro benzene ring substituents is 1. The van der Waals surface area contributed by atoms with Crippen molar-refractivity contribution in [3.8, 4) is 5.75 Å². The predicted molar refractivity (Wildman–Crippen MR) is 89.8 cm³/mol. The summed E-state index contributed by atoms with van der Waals surface area (Å²) in [5, 5.41) is 22.3. The van der Waals surface area contributed by atoms with Crippen LogP contribution >= 0.6 is 0 Å². The molecule has 2 aliphatic rings. The van der Waals surface area contributed by atoms with Crippen LogP contribution in [0, 0.1) is 10.1 Å². The average molecular weight is 342 g/mol. The Morgan fingerprint density at radius 2 is 2.00 bits per heavy atom. The average Bonchev–Trinajstić information content (AvgIpc) is 3.06. The summed E-state index contributed by atoms with van der Waals surface area (Å²) in [5.74, 6) is 0.499. The maximum absolute atomic E-state index is 12.4. The summed E-state index contributed by atoms with van der Waals surface area (Å²) in [6, 6.07) is 8.40. The second-order valence-corrected chi connectivity index (χ2v) is 6.69. The highest BCUT2D eigenvalue weighted by molar-refractivity contribution is 5.48. The second kappa shape index (κ2) is 5.70. The molecule has 1 N–H and O–H groups in total. The van der Waals surface area contributed by atoms with E-state index in [0.717, 1.165) is 12.8 Å². The molecular weight excluding hydrogens is 324 g/mol. The molecule has 2 unspecified atom stereocenters. The van der Waals surface area contributed by atoms with E-state index in [1.165, 1.54) is 22.8 Å². The fraction of sp³-hybridized carbons (Fsp3) is 0.389. The van der Waals surface area contributed by atoms with Crippen molar-refractivity contribution >= 4 is 5.69 Å². The highest BCUT2D eigenvalue weighted by Gasteiger charge is 2.51. The molecule has 1 saturated carbocycles.